The number of benzene rings is 8. The summed E-state index contributed by atoms with van der Waals surface area (Å²) in [4.78, 5) is 15.7. The summed E-state index contributed by atoms with van der Waals surface area (Å²) in [5.41, 5.74) is 7.41. The Hall–Kier alpha value is -7.11. The van der Waals surface area contributed by atoms with Crippen LogP contribution in [0.4, 0.5) is 0 Å². The van der Waals surface area contributed by atoms with E-state index in [1.165, 1.54) is 32.6 Å². The molecule has 5 heteroatoms. The molecule has 3 heterocycles. The van der Waals surface area contributed by atoms with Crippen LogP contribution in [0.15, 0.2) is 176 Å². The van der Waals surface area contributed by atoms with Gasteiger partial charge in [-0.05, 0) is 64.0 Å². The highest BCUT2D eigenvalue weighted by Crippen LogP contribution is 2.42. The Bertz CT molecular complexity index is 3090. The molecular formula is C47H29N5. The Morgan fingerprint density at radius 1 is 0.346 bits per heavy atom. The Labute approximate surface area is 298 Å². The monoisotopic (exact) mass is 663 g/mol. The number of fused-ring (bicyclic) bond motifs is 9. The minimum atomic E-state index is 0.578. The lowest BCUT2D eigenvalue weighted by atomic mass is 10.1. The largest absolute Gasteiger partial charge is 0.309 e. The maximum Gasteiger partial charge on any atom is 0.238 e. The fourth-order valence-electron chi connectivity index (χ4n) is 7.95. The maximum atomic E-state index is 5.28. The van der Waals surface area contributed by atoms with Gasteiger partial charge in [0.1, 0.15) is 0 Å². The van der Waals surface area contributed by atoms with E-state index < -0.39 is 0 Å². The van der Waals surface area contributed by atoms with Crippen LogP contribution in [-0.4, -0.2) is 24.1 Å². The summed E-state index contributed by atoms with van der Waals surface area (Å²) in [6.45, 7) is 0. The van der Waals surface area contributed by atoms with Gasteiger partial charge in [0, 0.05) is 38.4 Å². The van der Waals surface area contributed by atoms with Gasteiger partial charge in [0.15, 0.2) is 11.6 Å². The van der Waals surface area contributed by atoms with Crippen LogP contribution >= 0.6 is 0 Å². The van der Waals surface area contributed by atoms with Gasteiger partial charge in [-0.15, -0.1) is 0 Å². The number of hydrogen-bond donors (Lipinski definition) is 0. The van der Waals surface area contributed by atoms with E-state index in [2.05, 4.69) is 185 Å². The van der Waals surface area contributed by atoms with Gasteiger partial charge < -0.3 is 4.57 Å². The fraction of sp³-hybridized carbons (Fsp3) is 0. The molecule has 0 atom stereocenters. The highest BCUT2D eigenvalue weighted by molar-refractivity contribution is 6.26. The molecule has 0 aliphatic carbocycles. The van der Waals surface area contributed by atoms with Crippen LogP contribution in [0.1, 0.15) is 0 Å². The lowest BCUT2D eigenvalue weighted by molar-refractivity contribution is 0.954. The van der Waals surface area contributed by atoms with E-state index in [4.69, 9.17) is 15.0 Å². The summed E-state index contributed by atoms with van der Waals surface area (Å²) >= 11 is 0. The SMILES string of the molecule is c1ccc(-n2c3ccccc3c3ccc4c(c5ccccc5n4-c4nc(-c5ccc6ccccc6c5)nc(-c5ccc6ccccc6c5)n4)c32)cc1. The van der Waals surface area contributed by atoms with Crippen molar-refractivity contribution in [2.24, 2.45) is 0 Å². The summed E-state index contributed by atoms with van der Waals surface area (Å²) in [7, 11) is 0. The number of para-hydroxylation sites is 3. The minimum absolute atomic E-state index is 0.578. The van der Waals surface area contributed by atoms with Crippen molar-refractivity contribution in [3.05, 3.63) is 176 Å². The second-order valence-electron chi connectivity index (χ2n) is 13.3. The fourth-order valence-corrected chi connectivity index (χ4v) is 7.95. The summed E-state index contributed by atoms with van der Waals surface area (Å²) in [5.74, 6) is 1.84. The normalized spacial score (nSPS) is 11.8. The molecule has 0 aliphatic rings. The summed E-state index contributed by atoms with van der Waals surface area (Å²) < 4.78 is 4.62. The quantitative estimate of drug-likeness (QED) is 0.188. The molecule has 0 unspecified atom stereocenters. The Kier molecular flexibility index (Phi) is 6.18. The van der Waals surface area contributed by atoms with Crippen LogP contribution in [0, 0.1) is 0 Å². The zero-order valence-electron chi connectivity index (χ0n) is 28.0. The Balaban J connectivity index is 1.25. The summed E-state index contributed by atoms with van der Waals surface area (Å²) in [5, 5.41) is 9.36. The second-order valence-corrected chi connectivity index (χ2v) is 13.3. The molecule has 0 radical (unpaired) electrons. The summed E-state index contributed by atoms with van der Waals surface area (Å²) in [6, 6.07) is 62.1. The van der Waals surface area contributed by atoms with Crippen LogP contribution in [0.5, 0.6) is 0 Å². The molecule has 242 valence electrons. The van der Waals surface area contributed by atoms with Crippen molar-refractivity contribution in [3.8, 4) is 34.4 Å². The van der Waals surface area contributed by atoms with Crippen LogP contribution in [0.3, 0.4) is 0 Å². The molecule has 8 aromatic carbocycles. The molecule has 3 aromatic heterocycles. The predicted octanol–water partition coefficient (Wildman–Crippen LogP) is 11.7. The molecule has 0 spiro atoms. The molecule has 0 N–H and O–H groups in total. The standard InChI is InChI=1S/C47H29N5/c1-2-16-36(17-3-1)51-40-20-10-8-18-37(40)38-26-27-42-43(44(38)51)39-19-9-11-21-41(39)52(42)47-49-45(34-24-22-30-12-4-6-14-32(30)28-34)48-46(50-47)35-25-23-31-13-5-7-15-33(31)29-35/h1-29H. The Morgan fingerprint density at radius 2 is 0.885 bits per heavy atom. The van der Waals surface area contributed by atoms with Gasteiger partial charge in [0.2, 0.25) is 5.95 Å². The van der Waals surface area contributed by atoms with Crippen molar-refractivity contribution in [2.45, 2.75) is 0 Å². The first-order chi connectivity index (χ1) is 25.8. The van der Waals surface area contributed by atoms with Crippen LogP contribution in [0.25, 0.3) is 99.6 Å². The van der Waals surface area contributed by atoms with Gasteiger partial charge in [-0.25, -0.2) is 4.98 Å². The van der Waals surface area contributed by atoms with Gasteiger partial charge in [-0.3, -0.25) is 4.57 Å². The first-order valence-electron chi connectivity index (χ1n) is 17.5. The molecule has 11 rings (SSSR count). The first-order valence-corrected chi connectivity index (χ1v) is 17.5. The molecule has 0 saturated carbocycles. The lowest BCUT2D eigenvalue weighted by Gasteiger charge is -2.12. The van der Waals surface area contributed by atoms with Crippen LogP contribution in [0.2, 0.25) is 0 Å². The predicted molar refractivity (Wildman–Crippen MR) is 214 cm³/mol. The van der Waals surface area contributed by atoms with E-state index in [-0.39, 0.29) is 0 Å². The van der Waals surface area contributed by atoms with Crippen molar-refractivity contribution in [1.29, 1.82) is 0 Å². The third-order valence-electron chi connectivity index (χ3n) is 10.3. The van der Waals surface area contributed by atoms with Crippen LogP contribution in [-0.2, 0) is 0 Å². The molecule has 52 heavy (non-hydrogen) atoms. The third kappa shape index (κ3) is 4.33. The van der Waals surface area contributed by atoms with Gasteiger partial charge in [0.25, 0.3) is 0 Å². The zero-order chi connectivity index (χ0) is 34.2. The molecule has 0 saturated heterocycles. The smallest absolute Gasteiger partial charge is 0.238 e. The Morgan fingerprint density at radius 3 is 1.54 bits per heavy atom. The van der Waals surface area contributed by atoms with E-state index in [1.54, 1.807) is 0 Å². The van der Waals surface area contributed by atoms with E-state index >= 15 is 0 Å². The number of aromatic nitrogens is 5. The topological polar surface area (TPSA) is 48.5 Å². The lowest BCUT2D eigenvalue weighted by Crippen LogP contribution is -2.06. The van der Waals surface area contributed by atoms with Gasteiger partial charge >= 0.3 is 0 Å². The zero-order valence-corrected chi connectivity index (χ0v) is 28.0. The molecule has 0 aliphatic heterocycles. The number of rotatable bonds is 4. The van der Waals surface area contributed by atoms with E-state index in [0.29, 0.717) is 17.6 Å². The van der Waals surface area contributed by atoms with E-state index in [9.17, 15) is 0 Å². The van der Waals surface area contributed by atoms with Gasteiger partial charge in [-0.2, -0.15) is 9.97 Å². The number of hydrogen-bond acceptors (Lipinski definition) is 3. The average molecular weight is 664 g/mol. The second kappa shape index (κ2) is 11.2. The summed E-state index contributed by atoms with van der Waals surface area (Å²) in [6.07, 6.45) is 0. The minimum Gasteiger partial charge on any atom is -0.309 e. The molecule has 0 fully saturated rings. The first kappa shape index (κ1) is 28.7. The highest BCUT2D eigenvalue weighted by Gasteiger charge is 2.23. The third-order valence-corrected chi connectivity index (χ3v) is 10.3. The maximum absolute atomic E-state index is 5.28. The van der Waals surface area contributed by atoms with Gasteiger partial charge in [0.05, 0.1) is 22.1 Å². The van der Waals surface area contributed by atoms with Crippen LogP contribution < -0.4 is 0 Å². The van der Waals surface area contributed by atoms with Gasteiger partial charge in [-0.1, -0.05) is 133 Å². The van der Waals surface area contributed by atoms with Crippen molar-refractivity contribution < 1.29 is 0 Å². The molecule has 11 aromatic rings. The van der Waals surface area contributed by atoms with Crippen molar-refractivity contribution >= 4 is 65.2 Å². The van der Waals surface area contributed by atoms with E-state index in [1.807, 2.05) is 0 Å². The molecule has 0 bridgehead atoms. The average Bonchev–Trinajstić information content (AvgIpc) is 3.74. The molecule has 5 nitrogen and oxygen atoms in total. The van der Waals surface area contributed by atoms with Crippen molar-refractivity contribution in [1.82, 2.24) is 24.1 Å². The van der Waals surface area contributed by atoms with E-state index in [0.717, 1.165) is 49.4 Å². The number of nitrogens with zero attached hydrogens (tertiary/aromatic N) is 5. The molecule has 0 amide bonds. The van der Waals surface area contributed by atoms with Crippen molar-refractivity contribution in [3.63, 3.8) is 0 Å². The molecular weight excluding hydrogens is 635 g/mol. The van der Waals surface area contributed by atoms with Crippen molar-refractivity contribution in [2.75, 3.05) is 0 Å². The highest BCUT2D eigenvalue weighted by atomic mass is 15.2.